The van der Waals surface area contributed by atoms with Crippen LogP contribution in [0.4, 0.5) is 4.79 Å². The van der Waals surface area contributed by atoms with E-state index in [-0.39, 0.29) is 25.3 Å². The van der Waals surface area contributed by atoms with Gasteiger partial charge in [0.05, 0.1) is 12.3 Å². The molecule has 4 aromatic rings. The number of carbonyl (C=O) groups excluding carboxylic acids is 3. The summed E-state index contributed by atoms with van der Waals surface area (Å²) in [6.45, 7) is 0.901. The molecule has 0 aliphatic carbocycles. The van der Waals surface area contributed by atoms with Gasteiger partial charge in [0.25, 0.3) is 5.91 Å². The zero-order valence-electron chi connectivity index (χ0n) is 23.1. The van der Waals surface area contributed by atoms with Crippen LogP contribution in [0.5, 0.6) is 0 Å². The standard InChI is InChI=1S/C30H29ClN4O8/c1-2-41-30(40)43-18-42-28(38)25(36)17-23(15-19-11-13-20(14-12-19)21-7-6-8-22(31)16-21)32-27(37)26-33-29(39)35(34-26)24-9-4-3-5-10-24/h3-14,16,23,25,36H,2,15,17-18H2,1H3,(H,32,37)(H,33,34,39). The molecule has 224 valence electrons. The molecule has 0 spiro atoms. The van der Waals surface area contributed by atoms with E-state index in [2.05, 4.69) is 24.9 Å². The number of aliphatic hydroxyl groups excluding tert-OH is 1. The van der Waals surface area contributed by atoms with Crippen molar-refractivity contribution in [3.63, 3.8) is 0 Å². The summed E-state index contributed by atoms with van der Waals surface area (Å²) in [6.07, 6.45) is -2.76. The zero-order valence-corrected chi connectivity index (χ0v) is 23.8. The van der Waals surface area contributed by atoms with Crippen LogP contribution in [0.1, 0.15) is 29.5 Å². The first-order chi connectivity index (χ1) is 20.7. The van der Waals surface area contributed by atoms with Gasteiger partial charge in [0, 0.05) is 17.5 Å². The molecule has 1 amide bonds. The molecular weight excluding hydrogens is 580 g/mol. The molecule has 0 bridgehead atoms. The molecule has 0 radical (unpaired) electrons. The van der Waals surface area contributed by atoms with E-state index in [0.29, 0.717) is 10.7 Å². The fourth-order valence-corrected chi connectivity index (χ4v) is 4.35. The Labute approximate surface area is 251 Å². The second-order valence-electron chi connectivity index (χ2n) is 9.27. The van der Waals surface area contributed by atoms with Gasteiger partial charge in [0.2, 0.25) is 12.6 Å². The van der Waals surface area contributed by atoms with Crippen LogP contribution in [-0.2, 0) is 25.4 Å². The van der Waals surface area contributed by atoms with Crippen LogP contribution in [0, 0.1) is 0 Å². The van der Waals surface area contributed by atoms with Crippen molar-refractivity contribution in [3.8, 4) is 16.8 Å². The summed E-state index contributed by atoms with van der Waals surface area (Å²) in [4.78, 5) is 51.7. The maximum atomic E-state index is 13.1. The van der Waals surface area contributed by atoms with Gasteiger partial charge in [-0.2, -0.15) is 4.68 Å². The quantitative estimate of drug-likeness (QED) is 0.161. The number of esters is 1. The summed E-state index contributed by atoms with van der Waals surface area (Å²) in [7, 11) is 0. The molecule has 3 aromatic carbocycles. The third-order valence-corrected chi connectivity index (χ3v) is 6.42. The Morgan fingerprint density at radius 3 is 2.42 bits per heavy atom. The van der Waals surface area contributed by atoms with E-state index in [9.17, 15) is 24.3 Å². The number of benzene rings is 3. The van der Waals surface area contributed by atoms with Crippen LogP contribution in [0.2, 0.25) is 5.02 Å². The predicted molar refractivity (Wildman–Crippen MR) is 156 cm³/mol. The second kappa shape index (κ2) is 14.8. The van der Waals surface area contributed by atoms with Crippen LogP contribution in [0.25, 0.3) is 16.8 Å². The highest BCUT2D eigenvalue weighted by Crippen LogP contribution is 2.23. The van der Waals surface area contributed by atoms with Crippen LogP contribution >= 0.6 is 11.6 Å². The lowest BCUT2D eigenvalue weighted by Crippen LogP contribution is -2.41. The van der Waals surface area contributed by atoms with Gasteiger partial charge in [0.1, 0.15) is 0 Å². The highest BCUT2D eigenvalue weighted by atomic mass is 35.5. The van der Waals surface area contributed by atoms with Gasteiger partial charge in [-0.15, -0.1) is 5.10 Å². The van der Waals surface area contributed by atoms with Crippen molar-refractivity contribution in [1.82, 2.24) is 20.1 Å². The number of aliphatic hydroxyl groups is 1. The van der Waals surface area contributed by atoms with Crippen LogP contribution in [0.3, 0.4) is 0 Å². The molecule has 0 aliphatic heterocycles. The van der Waals surface area contributed by atoms with Crippen LogP contribution in [0.15, 0.2) is 83.7 Å². The zero-order chi connectivity index (χ0) is 30.8. The minimum Gasteiger partial charge on any atom is -0.435 e. The summed E-state index contributed by atoms with van der Waals surface area (Å²) >= 11 is 6.11. The Bertz CT molecular complexity index is 1600. The van der Waals surface area contributed by atoms with E-state index in [1.165, 1.54) is 0 Å². The third kappa shape index (κ3) is 8.77. The van der Waals surface area contributed by atoms with Crippen molar-refractivity contribution < 1.29 is 33.7 Å². The number of para-hydroxylation sites is 1. The largest absolute Gasteiger partial charge is 0.511 e. The van der Waals surface area contributed by atoms with Gasteiger partial charge >= 0.3 is 17.8 Å². The van der Waals surface area contributed by atoms with Gasteiger partial charge in [0.15, 0.2) is 6.10 Å². The molecule has 13 heteroatoms. The third-order valence-electron chi connectivity index (χ3n) is 6.18. The summed E-state index contributed by atoms with van der Waals surface area (Å²) < 4.78 is 15.0. The van der Waals surface area contributed by atoms with E-state index < -0.39 is 42.7 Å². The monoisotopic (exact) mass is 608 g/mol. The molecule has 2 unspecified atom stereocenters. The maximum Gasteiger partial charge on any atom is 0.511 e. The smallest absolute Gasteiger partial charge is 0.435 e. The number of nitrogens with one attached hydrogen (secondary N) is 2. The number of rotatable bonds is 12. The molecule has 3 N–H and O–H groups in total. The Balaban J connectivity index is 1.48. The van der Waals surface area contributed by atoms with Gasteiger partial charge in [-0.25, -0.2) is 14.4 Å². The molecule has 1 heterocycles. The fourth-order valence-electron chi connectivity index (χ4n) is 4.16. The molecule has 2 atom stereocenters. The molecule has 12 nitrogen and oxygen atoms in total. The Hall–Kier alpha value is -4.94. The first-order valence-electron chi connectivity index (χ1n) is 13.3. The molecule has 0 saturated heterocycles. The molecule has 4 rings (SSSR count). The molecule has 0 fully saturated rings. The Morgan fingerprint density at radius 2 is 1.72 bits per heavy atom. The second-order valence-corrected chi connectivity index (χ2v) is 9.70. The van der Waals surface area contributed by atoms with Crippen molar-refractivity contribution in [2.75, 3.05) is 13.4 Å². The van der Waals surface area contributed by atoms with Gasteiger partial charge < -0.3 is 24.6 Å². The summed E-state index contributed by atoms with van der Waals surface area (Å²) in [5.41, 5.74) is 2.47. The first-order valence-corrected chi connectivity index (χ1v) is 13.7. The lowest BCUT2D eigenvalue weighted by molar-refractivity contribution is -0.163. The maximum absolute atomic E-state index is 13.1. The number of hydrogen-bond acceptors (Lipinski definition) is 9. The number of hydrogen-bond donors (Lipinski definition) is 3. The van der Waals surface area contributed by atoms with Crippen molar-refractivity contribution in [1.29, 1.82) is 0 Å². The molecule has 0 saturated carbocycles. The van der Waals surface area contributed by atoms with E-state index in [4.69, 9.17) is 16.3 Å². The summed E-state index contributed by atoms with van der Waals surface area (Å²) in [5, 5.41) is 18.0. The van der Waals surface area contributed by atoms with Crippen LogP contribution < -0.4 is 11.0 Å². The van der Waals surface area contributed by atoms with Gasteiger partial charge in [-0.3, -0.25) is 9.78 Å². The lowest BCUT2D eigenvalue weighted by Gasteiger charge is -2.21. The lowest BCUT2D eigenvalue weighted by atomic mass is 9.97. The Morgan fingerprint density at radius 1 is 0.977 bits per heavy atom. The van der Waals surface area contributed by atoms with E-state index in [1.54, 1.807) is 43.3 Å². The van der Waals surface area contributed by atoms with Gasteiger partial charge in [-0.1, -0.05) is 66.2 Å². The molecule has 43 heavy (non-hydrogen) atoms. The normalized spacial score (nSPS) is 12.2. The molecule has 1 aromatic heterocycles. The number of ether oxygens (including phenoxy) is 3. The fraction of sp³-hybridized carbons (Fsp3) is 0.233. The number of nitrogens with zero attached hydrogens (tertiary/aromatic N) is 2. The number of H-pyrrole nitrogens is 1. The Kier molecular flexibility index (Phi) is 10.7. The van der Waals surface area contributed by atoms with Crippen molar-refractivity contribution in [3.05, 3.63) is 106 Å². The molecular formula is C30H29ClN4O8. The predicted octanol–water partition coefficient (Wildman–Crippen LogP) is 3.65. The topological polar surface area (TPSA) is 162 Å². The first kappa shape index (κ1) is 31.0. The number of aromatic nitrogens is 3. The average molecular weight is 609 g/mol. The summed E-state index contributed by atoms with van der Waals surface area (Å²) in [6, 6.07) is 22.6. The van der Waals surface area contributed by atoms with Gasteiger partial charge in [-0.05, 0) is 54.3 Å². The van der Waals surface area contributed by atoms with Crippen molar-refractivity contribution in [2.45, 2.75) is 31.9 Å². The van der Waals surface area contributed by atoms with E-state index >= 15 is 0 Å². The number of carbonyl (C=O) groups is 3. The van der Waals surface area contributed by atoms with Crippen molar-refractivity contribution >= 4 is 29.6 Å². The van der Waals surface area contributed by atoms with Crippen LogP contribution in [-0.4, -0.2) is 63.4 Å². The number of halogens is 1. The highest BCUT2D eigenvalue weighted by molar-refractivity contribution is 6.30. The van der Waals surface area contributed by atoms with Crippen molar-refractivity contribution in [2.24, 2.45) is 0 Å². The average Bonchev–Trinajstić information content (AvgIpc) is 3.39. The number of amides is 1. The highest BCUT2D eigenvalue weighted by Gasteiger charge is 2.26. The minimum atomic E-state index is -1.68. The van der Waals surface area contributed by atoms with E-state index in [1.807, 2.05) is 42.5 Å². The van der Waals surface area contributed by atoms with E-state index in [0.717, 1.165) is 21.4 Å². The summed E-state index contributed by atoms with van der Waals surface area (Å²) in [5.74, 6) is -2.05. The SMILES string of the molecule is CCOC(=O)OCOC(=O)C(O)CC(Cc1ccc(-c2cccc(Cl)c2)cc1)NC(=O)c1nn(-c2ccccc2)c(=O)[nH]1. The molecule has 0 aliphatic rings. The minimum absolute atomic E-state index is 0.0751. The number of aromatic amines is 1.